The molecule has 0 amide bonds. The molecule has 2 aromatic carbocycles. The number of rotatable bonds is 3. The summed E-state index contributed by atoms with van der Waals surface area (Å²) in [5, 5.41) is 3.08. The van der Waals surface area contributed by atoms with E-state index in [4.69, 9.17) is 5.73 Å². The number of nitrogens with two attached hydrogens (primary N) is 1. The van der Waals surface area contributed by atoms with Gasteiger partial charge in [0.25, 0.3) is 0 Å². The number of halogens is 1. The number of hydrogen-bond acceptors (Lipinski definition) is 4. The molecule has 0 aliphatic rings. The minimum Gasteiger partial charge on any atom is -0.384 e. The van der Waals surface area contributed by atoms with E-state index in [-0.39, 0.29) is 5.82 Å². The Morgan fingerprint density at radius 2 is 1.62 bits per heavy atom. The highest BCUT2D eigenvalue weighted by atomic mass is 19.1. The second-order valence-electron chi connectivity index (χ2n) is 4.50. The zero-order valence-electron chi connectivity index (χ0n) is 11.1. The third kappa shape index (κ3) is 3.14. The smallest absolute Gasteiger partial charge is 0.163 e. The Morgan fingerprint density at radius 3 is 2.33 bits per heavy atom. The highest BCUT2D eigenvalue weighted by Crippen LogP contribution is 2.21. The summed E-state index contributed by atoms with van der Waals surface area (Å²) in [4.78, 5) is 8.65. The van der Waals surface area contributed by atoms with Crippen molar-refractivity contribution in [2.75, 3.05) is 11.1 Å². The Bertz CT molecular complexity index is 742. The Kier molecular flexibility index (Phi) is 3.47. The van der Waals surface area contributed by atoms with Crippen molar-refractivity contribution in [3.8, 4) is 11.4 Å². The summed E-state index contributed by atoms with van der Waals surface area (Å²) in [5.74, 6) is 1.19. The van der Waals surface area contributed by atoms with E-state index < -0.39 is 0 Å². The molecule has 0 spiro atoms. The van der Waals surface area contributed by atoms with Crippen molar-refractivity contribution < 1.29 is 4.39 Å². The topological polar surface area (TPSA) is 63.8 Å². The number of aromatic nitrogens is 2. The third-order valence-electron chi connectivity index (χ3n) is 2.89. The molecule has 104 valence electrons. The van der Waals surface area contributed by atoms with Gasteiger partial charge in [-0.2, -0.15) is 0 Å². The van der Waals surface area contributed by atoms with E-state index in [0.717, 1.165) is 11.3 Å². The fourth-order valence-corrected chi connectivity index (χ4v) is 1.93. The fourth-order valence-electron chi connectivity index (χ4n) is 1.93. The lowest BCUT2D eigenvalue weighted by atomic mass is 10.2. The number of anilines is 3. The highest BCUT2D eigenvalue weighted by molar-refractivity contribution is 5.64. The van der Waals surface area contributed by atoms with Gasteiger partial charge in [0.15, 0.2) is 5.82 Å². The molecule has 3 N–H and O–H groups in total. The molecule has 21 heavy (non-hydrogen) atoms. The molecule has 0 fully saturated rings. The second-order valence-corrected chi connectivity index (χ2v) is 4.50. The molecule has 0 saturated carbocycles. The van der Waals surface area contributed by atoms with Crippen LogP contribution in [-0.4, -0.2) is 9.97 Å². The van der Waals surface area contributed by atoms with Gasteiger partial charge in [0.2, 0.25) is 0 Å². The lowest BCUT2D eigenvalue weighted by Crippen LogP contribution is -2.01. The molecule has 3 rings (SSSR count). The number of benzene rings is 2. The van der Waals surface area contributed by atoms with E-state index in [1.807, 2.05) is 30.3 Å². The van der Waals surface area contributed by atoms with E-state index in [0.29, 0.717) is 17.5 Å². The Hall–Kier alpha value is -2.95. The average Bonchev–Trinajstić information content (AvgIpc) is 2.50. The maximum absolute atomic E-state index is 12.9. The van der Waals surface area contributed by atoms with Crippen molar-refractivity contribution in [2.24, 2.45) is 0 Å². The van der Waals surface area contributed by atoms with Crippen molar-refractivity contribution in [1.29, 1.82) is 0 Å². The van der Waals surface area contributed by atoms with Crippen molar-refractivity contribution in [1.82, 2.24) is 9.97 Å². The van der Waals surface area contributed by atoms with Crippen LogP contribution >= 0.6 is 0 Å². The fraction of sp³-hybridized carbons (Fsp3) is 0. The van der Waals surface area contributed by atoms with Gasteiger partial charge < -0.3 is 11.1 Å². The van der Waals surface area contributed by atoms with Gasteiger partial charge in [0.05, 0.1) is 0 Å². The first-order chi connectivity index (χ1) is 10.2. The first-order valence-electron chi connectivity index (χ1n) is 6.43. The van der Waals surface area contributed by atoms with Crippen LogP contribution in [0.3, 0.4) is 0 Å². The van der Waals surface area contributed by atoms with E-state index >= 15 is 0 Å². The van der Waals surface area contributed by atoms with E-state index in [1.165, 1.54) is 12.1 Å². The summed E-state index contributed by atoms with van der Waals surface area (Å²) in [6.07, 6.45) is 0. The van der Waals surface area contributed by atoms with Crippen LogP contribution in [0.15, 0.2) is 60.7 Å². The predicted octanol–water partition coefficient (Wildman–Crippen LogP) is 3.61. The van der Waals surface area contributed by atoms with Crippen LogP contribution in [0.1, 0.15) is 0 Å². The van der Waals surface area contributed by atoms with Gasteiger partial charge in [0, 0.05) is 17.3 Å². The molecule has 0 atom stereocenters. The zero-order valence-corrected chi connectivity index (χ0v) is 11.1. The zero-order chi connectivity index (χ0) is 14.7. The highest BCUT2D eigenvalue weighted by Gasteiger charge is 2.05. The maximum Gasteiger partial charge on any atom is 0.163 e. The molecule has 0 aliphatic heterocycles. The number of nitrogens with zero attached hydrogens (tertiary/aromatic N) is 2. The first kappa shape index (κ1) is 13.1. The van der Waals surface area contributed by atoms with Crippen LogP contribution in [0.25, 0.3) is 11.4 Å². The first-order valence-corrected chi connectivity index (χ1v) is 6.43. The normalized spacial score (nSPS) is 10.3. The molecule has 5 heteroatoms. The lowest BCUT2D eigenvalue weighted by molar-refractivity contribution is 0.628. The van der Waals surface area contributed by atoms with Crippen molar-refractivity contribution in [3.63, 3.8) is 0 Å². The van der Waals surface area contributed by atoms with Crippen LogP contribution in [0, 0.1) is 5.82 Å². The molecular weight excluding hydrogens is 267 g/mol. The summed E-state index contributed by atoms with van der Waals surface area (Å²) >= 11 is 0. The molecule has 1 aromatic heterocycles. The van der Waals surface area contributed by atoms with Gasteiger partial charge >= 0.3 is 0 Å². The van der Waals surface area contributed by atoms with E-state index in [1.54, 1.807) is 18.2 Å². The average molecular weight is 280 g/mol. The van der Waals surface area contributed by atoms with Gasteiger partial charge in [0.1, 0.15) is 17.5 Å². The molecule has 3 aromatic rings. The van der Waals surface area contributed by atoms with Crippen LogP contribution in [0.4, 0.5) is 21.7 Å². The van der Waals surface area contributed by atoms with Crippen molar-refractivity contribution in [3.05, 3.63) is 66.5 Å². The molecule has 0 saturated heterocycles. The number of hydrogen-bond donors (Lipinski definition) is 2. The van der Waals surface area contributed by atoms with Crippen molar-refractivity contribution >= 4 is 17.3 Å². The molecule has 0 radical (unpaired) electrons. The molecular formula is C16H13FN4. The summed E-state index contributed by atoms with van der Waals surface area (Å²) in [7, 11) is 0. The standard InChI is InChI=1S/C16H13FN4/c17-12-6-8-13(9-7-12)19-15-10-14(18)20-16(21-15)11-4-2-1-3-5-11/h1-10H,(H3,18,19,20,21). The number of nitrogen functional groups attached to an aromatic ring is 1. The molecule has 0 bridgehead atoms. The summed E-state index contributed by atoms with van der Waals surface area (Å²) < 4.78 is 12.9. The minimum absolute atomic E-state index is 0.285. The number of nitrogens with one attached hydrogen (secondary N) is 1. The summed E-state index contributed by atoms with van der Waals surface area (Å²) in [6.45, 7) is 0. The van der Waals surface area contributed by atoms with E-state index in [9.17, 15) is 4.39 Å². The van der Waals surface area contributed by atoms with Crippen LogP contribution in [-0.2, 0) is 0 Å². The Labute approximate surface area is 121 Å². The van der Waals surface area contributed by atoms with Crippen LogP contribution in [0.2, 0.25) is 0 Å². The summed E-state index contributed by atoms with van der Waals surface area (Å²) in [5.41, 5.74) is 7.43. The van der Waals surface area contributed by atoms with Gasteiger partial charge in [-0.25, -0.2) is 14.4 Å². The SMILES string of the molecule is Nc1cc(Nc2ccc(F)cc2)nc(-c2ccccc2)n1. The van der Waals surface area contributed by atoms with Crippen LogP contribution in [0.5, 0.6) is 0 Å². The second kappa shape index (κ2) is 5.58. The molecule has 1 heterocycles. The van der Waals surface area contributed by atoms with Crippen LogP contribution < -0.4 is 11.1 Å². The quantitative estimate of drug-likeness (QED) is 0.769. The summed E-state index contributed by atoms with van der Waals surface area (Å²) in [6, 6.07) is 17.2. The molecule has 0 unspecified atom stereocenters. The Balaban J connectivity index is 1.93. The third-order valence-corrected chi connectivity index (χ3v) is 2.89. The minimum atomic E-state index is -0.285. The Morgan fingerprint density at radius 1 is 0.905 bits per heavy atom. The monoisotopic (exact) mass is 280 g/mol. The van der Waals surface area contributed by atoms with Gasteiger partial charge in [-0.1, -0.05) is 30.3 Å². The van der Waals surface area contributed by atoms with Crippen molar-refractivity contribution in [2.45, 2.75) is 0 Å². The lowest BCUT2D eigenvalue weighted by Gasteiger charge is -2.08. The largest absolute Gasteiger partial charge is 0.384 e. The van der Waals surface area contributed by atoms with Gasteiger partial charge in [-0.15, -0.1) is 0 Å². The van der Waals surface area contributed by atoms with Gasteiger partial charge in [-0.3, -0.25) is 0 Å². The molecule has 4 nitrogen and oxygen atoms in total. The maximum atomic E-state index is 12.9. The molecule has 0 aliphatic carbocycles. The predicted molar refractivity (Wildman–Crippen MR) is 81.6 cm³/mol. The van der Waals surface area contributed by atoms with Gasteiger partial charge in [-0.05, 0) is 24.3 Å². The van der Waals surface area contributed by atoms with E-state index in [2.05, 4.69) is 15.3 Å².